The number of likely N-dealkylation sites (N-methyl/N-ethyl adjacent to an activating group) is 1. The fourth-order valence-electron chi connectivity index (χ4n) is 5.08. The van der Waals surface area contributed by atoms with E-state index in [0.717, 1.165) is 5.56 Å². The zero-order valence-corrected chi connectivity index (χ0v) is 25.4. The average molecular weight is 602 g/mol. The van der Waals surface area contributed by atoms with Crippen LogP contribution < -0.4 is 16.4 Å². The molecule has 11 heteroatoms. The molecular weight excluding hydrogens is 561 g/mol. The third kappa shape index (κ3) is 8.51. The molecule has 3 unspecified atom stereocenters. The number of carbonyl (C=O) groups excluding carboxylic acids is 4. The number of piperazine rings is 1. The van der Waals surface area contributed by atoms with Gasteiger partial charge in [-0.25, -0.2) is 4.39 Å². The molecule has 0 saturated carbocycles. The number of amides is 4. The standard InChI is InChI=1S/C31H41ClFN5O4/c1-5-6-26-29(41)37(25(27(39)35-4)16-11-20-7-12-22(32)13-8-20)17-18-38(26)28(40)24(36-30(42)31(2,3)34)19-21-9-14-23(33)15-10-21/h7-10,12-15,24-26H,5-6,11,16-19,34H2,1-4H3,(H,35,39)(H,36,42). The summed E-state index contributed by atoms with van der Waals surface area (Å²) < 4.78 is 13.5. The van der Waals surface area contributed by atoms with Crippen LogP contribution in [0.4, 0.5) is 4.39 Å². The Hall–Kier alpha value is -3.50. The highest BCUT2D eigenvalue weighted by Crippen LogP contribution is 2.23. The van der Waals surface area contributed by atoms with E-state index >= 15 is 0 Å². The highest BCUT2D eigenvalue weighted by atomic mass is 35.5. The lowest BCUT2D eigenvalue weighted by atomic mass is 9.97. The molecule has 42 heavy (non-hydrogen) atoms. The smallest absolute Gasteiger partial charge is 0.246 e. The van der Waals surface area contributed by atoms with Crippen LogP contribution in [0.1, 0.15) is 51.2 Å². The van der Waals surface area contributed by atoms with E-state index in [-0.39, 0.29) is 31.3 Å². The van der Waals surface area contributed by atoms with Crippen molar-refractivity contribution >= 4 is 35.2 Å². The van der Waals surface area contributed by atoms with Gasteiger partial charge in [0.15, 0.2) is 0 Å². The zero-order chi connectivity index (χ0) is 31.0. The fraction of sp³-hybridized carbons (Fsp3) is 0.484. The van der Waals surface area contributed by atoms with E-state index in [2.05, 4.69) is 10.6 Å². The summed E-state index contributed by atoms with van der Waals surface area (Å²) >= 11 is 6.00. The molecule has 0 aromatic heterocycles. The lowest BCUT2D eigenvalue weighted by molar-refractivity contribution is -0.157. The van der Waals surface area contributed by atoms with E-state index in [1.807, 2.05) is 19.1 Å². The molecule has 0 spiro atoms. The first-order chi connectivity index (χ1) is 19.8. The monoisotopic (exact) mass is 601 g/mol. The maximum absolute atomic E-state index is 14.0. The molecule has 228 valence electrons. The third-order valence-corrected chi connectivity index (χ3v) is 7.71. The summed E-state index contributed by atoms with van der Waals surface area (Å²) in [5.74, 6) is -1.96. The van der Waals surface area contributed by atoms with Crippen molar-refractivity contribution < 1.29 is 23.6 Å². The predicted octanol–water partition coefficient (Wildman–Crippen LogP) is 2.83. The van der Waals surface area contributed by atoms with Gasteiger partial charge < -0.3 is 26.2 Å². The summed E-state index contributed by atoms with van der Waals surface area (Å²) in [5.41, 5.74) is 6.38. The van der Waals surface area contributed by atoms with Gasteiger partial charge in [0.2, 0.25) is 23.6 Å². The fourth-order valence-corrected chi connectivity index (χ4v) is 5.21. The minimum Gasteiger partial charge on any atom is -0.357 e. The molecule has 0 aliphatic carbocycles. The highest BCUT2D eigenvalue weighted by Gasteiger charge is 2.43. The number of hydrogen-bond donors (Lipinski definition) is 3. The Balaban J connectivity index is 1.85. The van der Waals surface area contributed by atoms with Crippen LogP contribution in [0.3, 0.4) is 0 Å². The Labute approximate surface area is 251 Å². The number of hydrogen-bond acceptors (Lipinski definition) is 5. The molecule has 3 rings (SSSR count). The first-order valence-electron chi connectivity index (χ1n) is 14.3. The number of rotatable bonds is 12. The van der Waals surface area contributed by atoms with Crippen LogP contribution in [0.15, 0.2) is 48.5 Å². The predicted molar refractivity (Wildman–Crippen MR) is 160 cm³/mol. The van der Waals surface area contributed by atoms with E-state index in [1.54, 1.807) is 29.2 Å². The van der Waals surface area contributed by atoms with Crippen LogP contribution in [0.2, 0.25) is 5.02 Å². The Morgan fingerprint density at radius 1 is 1.07 bits per heavy atom. The summed E-state index contributed by atoms with van der Waals surface area (Å²) in [4.78, 5) is 56.8. The molecule has 1 aliphatic heterocycles. The van der Waals surface area contributed by atoms with Crippen LogP contribution >= 0.6 is 11.6 Å². The molecular formula is C31H41ClFN5O4. The van der Waals surface area contributed by atoms with Crippen molar-refractivity contribution in [1.29, 1.82) is 0 Å². The van der Waals surface area contributed by atoms with E-state index in [4.69, 9.17) is 17.3 Å². The number of aryl methyl sites for hydroxylation is 1. The van der Waals surface area contributed by atoms with Gasteiger partial charge in [0.25, 0.3) is 0 Å². The van der Waals surface area contributed by atoms with Crippen molar-refractivity contribution in [3.63, 3.8) is 0 Å². The van der Waals surface area contributed by atoms with Crippen LogP contribution in [0.25, 0.3) is 0 Å². The maximum atomic E-state index is 14.0. The Morgan fingerprint density at radius 2 is 1.69 bits per heavy atom. The first kappa shape index (κ1) is 33.0. The second-order valence-electron chi connectivity index (χ2n) is 11.2. The quantitative estimate of drug-likeness (QED) is 0.345. The molecule has 0 radical (unpaired) electrons. The van der Waals surface area contributed by atoms with Gasteiger partial charge in [-0.3, -0.25) is 19.2 Å². The molecule has 1 fully saturated rings. The van der Waals surface area contributed by atoms with Gasteiger partial charge in [-0.1, -0.05) is 49.2 Å². The largest absolute Gasteiger partial charge is 0.357 e. The molecule has 9 nitrogen and oxygen atoms in total. The maximum Gasteiger partial charge on any atom is 0.246 e. The number of nitrogens with one attached hydrogen (secondary N) is 2. The lowest BCUT2D eigenvalue weighted by Crippen LogP contribution is -2.66. The molecule has 2 aromatic rings. The minimum absolute atomic E-state index is 0.0934. The van der Waals surface area contributed by atoms with Gasteiger partial charge in [0, 0.05) is 31.6 Å². The van der Waals surface area contributed by atoms with Gasteiger partial charge in [-0.2, -0.15) is 0 Å². The third-order valence-electron chi connectivity index (χ3n) is 7.46. The molecule has 0 bridgehead atoms. The minimum atomic E-state index is -1.25. The van der Waals surface area contributed by atoms with Crippen molar-refractivity contribution in [3.8, 4) is 0 Å². The van der Waals surface area contributed by atoms with Crippen molar-refractivity contribution in [3.05, 3.63) is 70.5 Å². The molecule has 4 N–H and O–H groups in total. The Bertz CT molecular complexity index is 1250. The van der Waals surface area contributed by atoms with Gasteiger partial charge in [0.05, 0.1) is 5.54 Å². The van der Waals surface area contributed by atoms with Crippen molar-refractivity contribution in [2.75, 3.05) is 20.1 Å². The SMILES string of the molecule is CCCC1C(=O)N(C(CCc2ccc(Cl)cc2)C(=O)NC)CCN1C(=O)C(Cc1ccc(F)cc1)NC(=O)C(C)(C)N. The van der Waals surface area contributed by atoms with E-state index in [0.29, 0.717) is 36.3 Å². The Kier molecular flexibility index (Phi) is 11.5. The second kappa shape index (κ2) is 14.6. The molecule has 4 amide bonds. The Morgan fingerprint density at radius 3 is 2.26 bits per heavy atom. The number of carbonyl (C=O) groups is 4. The number of halogens is 2. The summed E-state index contributed by atoms with van der Waals surface area (Å²) in [6.07, 6.45) is 2.05. The summed E-state index contributed by atoms with van der Waals surface area (Å²) in [6.45, 7) is 5.33. The molecule has 1 heterocycles. The van der Waals surface area contributed by atoms with Gasteiger partial charge in [-0.05, 0) is 68.5 Å². The van der Waals surface area contributed by atoms with Crippen LogP contribution in [0.5, 0.6) is 0 Å². The van der Waals surface area contributed by atoms with Gasteiger partial charge in [-0.15, -0.1) is 0 Å². The van der Waals surface area contributed by atoms with Gasteiger partial charge >= 0.3 is 0 Å². The highest BCUT2D eigenvalue weighted by molar-refractivity contribution is 6.30. The summed E-state index contributed by atoms with van der Waals surface area (Å²) in [7, 11) is 1.53. The molecule has 2 aromatic carbocycles. The van der Waals surface area contributed by atoms with Gasteiger partial charge in [0.1, 0.15) is 23.9 Å². The van der Waals surface area contributed by atoms with E-state index < -0.39 is 41.3 Å². The molecule has 1 saturated heterocycles. The first-order valence-corrected chi connectivity index (χ1v) is 14.6. The summed E-state index contributed by atoms with van der Waals surface area (Å²) in [5, 5.41) is 6.04. The molecule has 1 aliphatic rings. The molecule has 3 atom stereocenters. The number of benzene rings is 2. The number of nitrogens with two attached hydrogens (primary N) is 1. The number of nitrogens with zero attached hydrogens (tertiary/aromatic N) is 2. The van der Waals surface area contributed by atoms with Crippen molar-refractivity contribution in [2.45, 2.75) is 76.5 Å². The van der Waals surface area contributed by atoms with Crippen LogP contribution in [0, 0.1) is 5.82 Å². The topological polar surface area (TPSA) is 125 Å². The second-order valence-corrected chi connectivity index (χ2v) is 11.7. The van der Waals surface area contributed by atoms with E-state index in [1.165, 1.54) is 37.9 Å². The van der Waals surface area contributed by atoms with Crippen molar-refractivity contribution in [1.82, 2.24) is 20.4 Å². The zero-order valence-electron chi connectivity index (χ0n) is 24.7. The van der Waals surface area contributed by atoms with E-state index in [9.17, 15) is 23.6 Å². The summed E-state index contributed by atoms with van der Waals surface area (Å²) in [6, 6.07) is 10.5. The normalized spacial score (nSPS) is 17.0. The van der Waals surface area contributed by atoms with Crippen LogP contribution in [-0.2, 0) is 32.0 Å². The lowest BCUT2D eigenvalue weighted by Gasteiger charge is -2.44. The average Bonchev–Trinajstić information content (AvgIpc) is 2.95. The van der Waals surface area contributed by atoms with Crippen LogP contribution in [-0.4, -0.2) is 77.2 Å². The van der Waals surface area contributed by atoms with Crippen molar-refractivity contribution in [2.24, 2.45) is 5.73 Å².